The van der Waals surface area contributed by atoms with Gasteiger partial charge in [0.15, 0.2) is 0 Å². The maximum atomic E-state index is 11.9. The molecule has 112 valence electrons. The standard InChI is InChI=1S/C17H21NO3/c1-13-9-17(20)18(11-13)12-15-10-16(21-2)7-6-14(15)5-3-4-8-19/h6-7,10,13,19H,4,8-9,11-12H2,1-2H3. The van der Waals surface area contributed by atoms with Crippen molar-refractivity contribution in [3.8, 4) is 17.6 Å². The molecule has 0 aliphatic carbocycles. The molecule has 4 heteroatoms. The molecular formula is C17H21NO3. The van der Waals surface area contributed by atoms with Crippen LogP contribution in [-0.4, -0.2) is 36.2 Å². The number of carbonyl (C=O) groups is 1. The minimum atomic E-state index is 0.0562. The van der Waals surface area contributed by atoms with Gasteiger partial charge in [-0.1, -0.05) is 18.8 Å². The lowest BCUT2D eigenvalue weighted by atomic mass is 10.1. The summed E-state index contributed by atoms with van der Waals surface area (Å²) in [6, 6.07) is 5.70. The van der Waals surface area contributed by atoms with E-state index in [1.54, 1.807) is 7.11 Å². The van der Waals surface area contributed by atoms with E-state index in [1.165, 1.54) is 0 Å². The molecule has 1 fully saturated rings. The second kappa shape index (κ2) is 7.14. The van der Waals surface area contributed by atoms with Crippen molar-refractivity contribution >= 4 is 5.91 Å². The topological polar surface area (TPSA) is 49.8 Å². The minimum Gasteiger partial charge on any atom is -0.497 e. The third-order valence-electron chi connectivity index (χ3n) is 3.54. The van der Waals surface area contributed by atoms with Crippen molar-refractivity contribution in [2.24, 2.45) is 5.92 Å². The van der Waals surface area contributed by atoms with Crippen LogP contribution < -0.4 is 4.74 Å². The smallest absolute Gasteiger partial charge is 0.223 e. The normalized spacial score (nSPS) is 17.6. The van der Waals surface area contributed by atoms with Crippen molar-refractivity contribution < 1.29 is 14.6 Å². The van der Waals surface area contributed by atoms with Gasteiger partial charge < -0.3 is 14.7 Å². The van der Waals surface area contributed by atoms with E-state index >= 15 is 0 Å². The number of amides is 1. The van der Waals surface area contributed by atoms with Crippen LogP contribution in [0.1, 0.15) is 30.9 Å². The number of ether oxygens (including phenoxy) is 1. The third kappa shape index (κ3) is 3.99. The highest BCUT2D eigenvalue weighted by molar-refractivity contribution is 5.78. The molecule has 1 atom stereocenters. The van der Waals surface area contributed by atoms with Gasteiger partial charge >= 0.3 is 0 Å². The van der Waals surface area contributed by atoms with E-state index < -0.39 is 0 Å². The summed E-state index contributed by atoms with van der Waals surface area (Å²) in [5.74, 6) is 7.36. The van der Waals surface area contributed by atoms with Gasteiger partial charge in [0.05, 0.1) is 13.7 Å². The van der Waals surface area contributed by atoms with Gasteiger partial charge in [0, 0.05) is 31.5 Å². The molecule has 1 aromatic carbocycles. The zero-order chi connectivity index (χ0) is 15.2. The summed E-state index contributed by atoms with van der Waals surface area (Å²) in [5, 5.41) is 8.81. The van der Waals surface area contributed by atoms with Crippen LogP contribution in [0.5, 0.6) is 5.75 Å². The quantitative estimate of drug-likeness (QED) is 0.859. The summed E-state index contributed by atoms with van der Waals surface area (Å²) in [6.45, 7) is 3.50. The molecular weight excluding hydrogens is 266 g/mol. The van der Waals surface area contributed by atoms with Gasteiger partial charge in [0.2, 0.25) is 5.91 Å². The molecule has 0 aromatic heterocycles. The van der Waals surface area contributed by atoms with E-state index in [2.05, 4.69) is 18.8 Å². The largest absolute Gasteiger partial charge is 0.497 e. The SMILES string of the molecule is COc1ccc(C#CCCO)c(CN2CC(C)CC2=O)c1. The van der Waals surface area contributed by atoms with Crippen molar-refractivity contribution in [3.63, 3.8) is 0 Å². The average molecular weight is 287 g/mol. The maximum absolute atomic E-state index is 11.9. The molecule has 1 aromatic rings. The van der Waals surface area contributed by atoms with Crippen molar-refractivity contribution in [1.29, 1.82) is 0 Å². The van der Waals surface area contributed by atoms with Gasteiger partial charge in [-0.25, -0.2) is 0 Å². The molecule has 1 N–H and O–H groups in total. The van der Waals surface area contributed by atoms with Crippen LogP contribution in [0.25, 0.3) is 0 Å². The highest BCUT2D eigenvalue weighted by Gasteiger charge is 2.26. The molecule has 4 nitrogen and oxygen atoms in total. The lowest BCUT2D eigenvalue weighted by molar-refractivity contribution is -0.128. The van der Waals surface area contributed by atoms with Gasteiger partial charge in [-0.15, -0.1) is 0 Å². The van der Waals surface area contributed by atoms with E-state index in [1.807, 2.05) is 23.1 Å². The van der Waals surface area contributed by atoms with Crippen LogP contribution in [0.2, 0.25) is 0 Å². The number of hydrogen-bond acceptors (Lipinski definition) is 3. The summed E-state index contributed by atoms with van der Waals surface area (Å²) in [6.07, 6.45) is 1.07. The zero-order valence-corrected chi connectivity index (χ0v) is 12.6. The molecule has 1 amide bonds. The molecule has 1 saturated heterocycles. The fourth-order valence-corrected chi connectivity index (χ4v) is 2.49. The van der Waals surface area contributed by atoms with Crippen molar-refractivity contribution in [3.05, 3.63) is 29.3 Å². The summed E-state index contributed by atoms with van der Waals surface area (Å²) in [7, 11) is 1.62. The average Bonchev–Trinajstić information content (AvgIpc) is 2.78. The fourth-order valence-electron chi connectivity index (χ4n) is 2.49. The molecule has 1 unspecified atom stereocenters. The fraction of sp³-hybridized carbons (Fsp3) is 0.471. The predicted molar refractivity (Wildman–Crippen MR) is 80.8 cm³/mol. The van der Waals surface area contributed by atoms with Gasteiger partial charge in [-0.05, 0) is 29.7 Å². The van der Waals surface area contributed by atoms with E-state index in [-0.39, 0.29) is 12.5 Å². The van der Waals surface area contributed by atoms with Gasteiger partial charge in [0.25, 0.3) is 0 Å². The number of nitrogens with zero attached hydrogens (tertiary/aromatic N) is 1. The first-order valence-corrected chi connectivity index (χ1v) is 7.18. The number of hydrogen-bond donors (Lipinski definition) is 1. The van der Waals surface area contributed by atoms with Gasteiger partial charge in [-0.3, -0.25) is 4.79 Å². The molecule has 0 bridgehead atoms. The third-order valence-corrected chi connectivity index (χ3v) is 3.54. The second-order valence-electron chi connectivity index (χ2n) is 5.38. The molecule has 0 spiro atoms. The first-order chi connectivity index (χ1) is 10.1. The number of aliphatic hydroxyl groups is 1. The van der Waals surface area contributed by atoms with Crippen molar-refractivity contribution in [2.75, 3.05) is 20.3 Å². The molecule has 1 aliphatic heterocycles. The summed E-state index contributed by atoms with van der Waals surface area (Å²) < 4.78 is 5.26. The zero-order valence-electron chi connectivity index (χ0n) is 12.6. The predicted octanol–water partition coefficient (Wildman–Crippen LogP) is 1.80. The Morgan fingerprint density at radius 3 is 2.90 bits per heavy atom. The Kier molecular flexibility index (Phi) is 5.24. The highest BCUT2D eigenvalue weighted by Crippen LogP contribution is 2.23. The molecule has 0 saturated carbocycles. The Labute approximate surface area is 125 Å². The van der Waals surface area contributed by atoms with Crippen LogP contribution in [0.3, 0.4) is 0 Å². The second-order valence-corrected chi connectivity index (χ2v) is 5.38. The number of rotatable bonds is 4. The van der Waals surface area contributed by atoms with Gasteiger partial charge in [-0.2, -0.15) is 0 Å². The maximum Gasteiger partial charge on any atom is 0.223 e. The highest BCUT2D eigenvalue weighted by atomic mass is 16.5. The Morgan fingerprint density at radius 1 is 1.48 bits per heavy atom. The van der Waals surface area contributed by atoms with Crippen LogP contribution in [0.15, 0.2) is 18.2 Å². The molecule has 2 rings (SSSR count). The van der Waals surface area contributed by atoms with Crippen LogP contribution in [0, 0.1) is 17.8 Å². The Hall–Kier alpha value is -1.99. The lowest BCUT2D eigenvalue weighted by Gasteiger charge is -2.17. The summed E-state index contributed by atoms with van der Waals surface area (Å²) in [5.41, 5.74) is 1.87. The Bertz CT molecular complexity index is 571. The number of likely N-dealkylation sites (tertiary alicyclic amines) is 1. The van der Waals surface area contributed by atoms with Crippen LogP contribution in [-0.2, 0) is 11.3 Å². The number of carbonyl (C=O) groups excluding carboxylic acids is 1. The van der Waals surface area contributed by atoms with E-state index in [0.29, 0.717) is 25.3 Å². The van der Waals surface area contributed by atoms with E-state index in [4.69, 9.17) is 9.84 Å². The number of methoxy groups -OCH3 is 1. The van der Waals surface area contributed by atoms with E-state index in [9.17, 15) is 4.79 Å². The monoisotopic (exact) mass is 287 g/mol. The molecule has 21 heavy (non-hydrogen) atoms. The number of aliphatic hydroxyl groups excluding tert-OH is 1. The van der Waals surface area contributed by atoms with Gasteiger partial charge in [0.1, 0.15) is 5.75 Å². The van der Waals surface area contributed by atoms with Crippen molar-refractivity contribution in [1.82, 2.24) is 4.90 Å². The van der Waals surface area contributed by atoms with Crippen LogP contribution in [0.4, 0.5) is 0 Å². The van der Waals surface area contributed by atoms with Crippen molar-refractivity contribution in [2.45, 2.75) is 26.3 Å². The Morgan fingerprint density at radius 2 is 2.29 bits per heavy atom. The molecule has 1 aliphatic rings. The van der Waals surface area contributed by atoms with E-state index in [0.717, 1.165) is 23.4 Å². The summed E-state index contributed by atoms with van der Waals surface area (Å²) >= 11 is 0. The number of benzene rings is 1. The minimum absolute atomic E-state index is 0.0562. The lowest BCUT2D eigenvalue weighted by Crippen LogP contribution is -2.24. The molecule has 1 heterocycles. The molecule has 0 radical (unpaired) electrons. The van der Waals surface area contributed by atoms with Crippen LogP contribution >= 0.6 is 0 Å². The Balaban J connectivity index is 2.23. The first-order valence-electron chi connectivity index (χ1n) is 7.18. The first kappa shape index (κ1) is 15.4. The summed E-state index contributed by atoms with van der Waals surface area (Å²) in [4.78, 5) is 13.8.